The Morgan fingerprint density at radius 2 is 2.39 bits per heavy atom. The second kappa shape index (κ2) is 7.26. The highest BCUT2D eigenvalue weighted by atomic mass is 16.6. The van der Waals surface area contributed by atoms with Gasteiger partial charge in [0.2, 0.25) is 5.88 Å². The highest BCUT2D eigenvalue weighted by molar-refractivity contribution is 5.48. The molecule has 0 aliphatic rings. The quantitative estimate of drug-likeness (QED) is 0.332. The summed E-state index contributed by atoms with van der Waals surface area (Å²) in [7, 11) is 0. The van der Waals surface area contributed by atoms with E-state index in [9.17, 15) is 10.1 Å². The molecule has 6 heteroatoms. The first-order chi connectivity index (χ1) is 8.67. The number of anilines is 1. The zero-order valence-corrected chi connectivity index (χ0v) is 10.4. The molecule has 0 aliphatic carbocycles. The molecule has 0 radical (unpaired) electrons. The summed E-state index contributed by atoms with van der Waals surface area (Å²) in [6.07, 6.45) is 3.30. The molecule has 1 heterocycles. The molecule has 0 aromatic carbocycles. The maximum Gasteiger partial charge on any atom is 0.278 e. The standard InChI is InChI=1S/C12H17N3O3/c1-3-5-7-18-12-9-10(15(16)17)8-11(14-12)13-6-4-2/h3,8-9H,1,4-7H2,2H3,(H,13,14). The van der Waals surface area contributed by atoms with Gasteiger partial charge in [-0.3, -0.25) is 10.1 Å². The van der Waals surface area contributed by atoms with Crippen LogP contribution in [0.2, 0.25) is 0 Å². The zero-order valence-electron chi connectivity index (χ0n) is 10.4. The number of rotatable bonds is 8. The fourth-order valence-electron chi connectivity index (χ4n) is 1.26. The normalized spacial score (nSPS) is 9.83. The second-order valence-corrected chi connectivity index (χ2v) is 3.66. The summed E-state index contributed by atoms with van der Waals surface area (Å²) in [4.78, 5) is 14.5. The minimum Gasteiger partial charge on any atom is -0.477 e. The molecular weight excluding hydrogens is 234 g/mol. The molecule has 1 rings (SSSR count). The van der Waals surface area contributed by atoms with Crippen molar-refractivity contribution in [2.75, 3.05) is 18.5 Å². The lowest BCUT2D eigenvalue weighted by atomic mass is 10.3. The van der Waals surface area contributed by atoms with E-state index in [2.05, 4.69) is 16.9 Å². The Morgan fingerprint density at radius 3 is 3.00 bits per heavy atom. The Kier molecular flexibility index (Phi) is 5.63. The van der Waals surface area contributed by atoms with E-state index in [-0.39, 0.29) is 11.6 Å². The second-order valence-electron chi connectivity index (χ2n) is 3.66. The van der Waals surface area contributed by atoms with Crippen LogP contribution in [0.5, 0.6) is 5.88 Å². The van der Waals surface area contributed by atoms with Crippen LogP contribution >= 0.6 is 0 Å². The third-order valence-electron chi connectivity index (χ3n) is 2.13. The van der Waals surface area contributed by atoms with Gasteiger partial charge in [0.25, 0.3) is 5.69 Å². The van der Waals surface area contributed by atoms with Gasteiger partial charge in [0.05, 0.1) is 23.7 Å². The van der Waals surface area contributed by atoms with Gasteiger partial charge >= 0.3 is 0 Å². The number of nitro groups is 1. The van der Waals surface area contributed by atoms with E-state index in [1.165, 1.54) is 12.1 Å². The van der Waals surface area contributed by atoms with Gasteiger partial charge in [-0.15, -0.1) is 6.58 Å². The minimum atomic E-state index is -0.459. The maximum absolute atomic E-state index is 10.8. The van der Waals surface area contributed by atoms with Crippen molar-refractivity contribution in [2.45, 2.75) is 19.8 Å². The summed E-state index contributed by atoms with van der Waals surface area (Å²) in [5, 5.41) is 13.8. The molecule has 98 valence electrons. The van der Waals surface area contributed by atoms with Crippen molar-refractivity contribution in [3.05, 3.63) is 34.9 Å². The van der Waals surface area contributed by atoms with Crippen molar-refractivity contribution >= 4 is 11.5 Å². The largest absolute Gasteiger partial charge is 0.477 e. The van der Waals surface area contributed by atoms with E-state index in [4.69, 9.17) is 4.74 Å². The summed E-state index contributed by atoms with van der Waals surface area (Å²) >= 11 is 0. The number of nitrogens with one attached hydrogen (secondary N) is 1. The van der Waals surface area contributed by atoms with E-state index in [1.54, 1.807) is 6.08 Å². The zero-order chi connectivity index (χ0) is 13.4. The smallest absolute Gasteiger partial charge is 0.278 e. The fourth-order valence-corrected chi connectivity index (χ4v) is 1.26. The Morgan fingerprint density at radius 1 is 1.61 bits per heavy atom. The lowest BCUT2D eigenvalue weighted by molar-refractivity contribution is -0.384. The predicted molar refractivity (Wildman–Crippen MR) is 70.0 cm³/mol. The molecule has 1 aromatic heterocycles. The molecule has 0 amide bonds. The van der Waals surface area contributed by atoms with Crippen LogP contribution in [0, 0.1) is 10.1 Å². The SMILES string of the molecule is C=CCCOc1cc([N+](=O)[O-])cc(NCCC)n1. The Balaban J connectivity index is 2.83. The van der Waals surface area contributed by atoms with Crippen molar-refractivity contribution < 1.29 is 9.66 Å². The molecule has 0 fully saturated rings. The van der Waals surface area contributed by atoms with E-state index in [1.807, 2.05) is 6.92 Å². The molecule has 1 aromatic rings. The van der Waals surface area contributed by atoms with Gasteiger partial charge in [0.1, 0.15) is 5.82 Å². The molecule has 0 saturated heterocycles. The summed E-state index contributed by atoms with van der Waals surface area (Å²) < 4.78 is 5.33. The van der Waals surface area contributed by atoms with Crippen LogP contribution in [0.4, 0.5) is 11.5 Å². The third-order valence-corrected chi connectivity index (χ3v) is 2.13. The number of hydrogen-bond donors (Lipinski definition) is 1. The van der Waals surface area contributed by atoms with Crippen LogP contribution in [0.25, 0.3) is 0 Å². The fraction of sp³-hybridized carbons (Fsp3) is 0.417. The minimum absolute atomic E-state index is 0.0304. The van der Waals surface area contributed by atoms with Crippen LogP contribution in [-0.4, -0.2) is 23.1 Å². The van der Waals surface area contributed by atoms with Crippen molar-refractivity contribution in [2.24, 2.45) is 0 Å². The van der Waals surface area contributed by atoms with Gasteiger partial charge in [-0.25, -0.2) is 0 Å². The van der Waals surface area contributed by atoms with Gasteiger partial charge in [-0.1, -0.05) is 13.0 Å². The Hall–Kier alpha value is -2.11. The van der Waals surface area contributed by atoms with Crippen molar-refractivity contribution in [1.82, 2.24) is 4.98 Å². The molecule has 18 heavy (non-hydrogen) atoms. The molecular formula is C12H17N3O3. The number of ether oxygens (including phenoxy) is 1. The van der Waals surface area contributed by atoms with Gasteiger partial charge in [-0.05, 0) is 12.8 Å². The highest BCUT2D eigenvalue weighted by Gasteiger charge is 2.11. The maximum atomic E-state index is 10.8. The third kappa shape index (κ3) is 4.40. The van der Waals surface area contributed by atoms with Crippen molar-refractivity contribution in [1.29, 1.82) is 0 Å². The van der Waals surface area contributed by atoms with E-state index in [0.717, 1.165) is 6.42 Å². The molecule has 0 unspecified atom stereocenters. The number of nitrogens with zero attached hydrogens (tertiary/aromatic N) is 2. The van der Waals surface area contributed by atoms with Crippen LogP contribution in [-0.2, 0) is 0 Å². The van der Waals surface area contributed by atoms with Crippen LogP contribution in [0.3, 0.4) is 0 Å². The van der Waals surface area contributed by atoms with E-state index < -0.39 is 4.92 Å². The average Bonchev–Trinajstić information content (AvgIpc) is 2.36. The molecule has 0 bridgehead atoms. The molecule has 0 spiro atoms. The van der Waals surface area contributed by atoms with E-state index >= 15 is 0 Å². The highest BCUT2D eigenvalue weighted by Crippen LogP contribution is 2.22. The van der Waals surface area contributed by atoms with Gasteiger partial charge in [0.15, 0.2) is 0 Å². The van der Waals surface area contributed by atoms with Crippen molar-refractivity contribution in [3.8, 4) is 5.88 Å². The molecule has 0 atom stereocenters. The first-order valence-electron chi connectivity index (χ1n) is 5.81. The average molecular weight is 251 g/mol. The lowest BCUT2D eigenvalue weighted by Gasteiger charge is -2.07. The Labute approximate surface area is 106 Å². The Bertz CT molecular complexity index is 421. The number of aromatic nitrogens is 1. The molecule has 0 saturated carbocycles. The van der Waals surface area contributed by atoms with Crippen LogP contribution in [0.15, 0.2) is 24.8 Å². The monoisotopic (exact) mass is 251 g/mol. The first-order valence-corrected chi connectivity index (χ1v) is 5.81. The first kappa shape index (κ1) is 14.0. The van der Waals surface area contributed by atoms with Crippen LogP contribution in [0.1, 0.15) is 19.8 Å². The van der Waals surface area contributed by atoms with Crippen LogP contribution < -0.4 is 10.1 Å². The molecule has 1 N–H and O–H groups in total. The van der Waals surface area contributed by atoms with Gasteiger partial charge < -0.3 is 10.1 Å². The van der Waals surface area contributed by atoms with E-state index in [0.29, 0.717) is 25.4 Å². The predicted octanol–water partition coefficient (Wildman–Crippen LogP) is 2.77. The number of hydrogen-bond acceptors (Lipinski definition) is 5. The van der Waals surface area contributed by atoms with Gasteiger partial charge in [0, 0.05) is 6.54 Å². The number of pyridine rings is 1. The summed E-state index contributed by atoms with van der Waals surface area (Å²) in [5.41, 5.74) is -0.0304. The topological polar surface area (TPSA) is 77.3 Å². The van der Waals surface area contributed by atoms with Crippen molar-refractivity contribution in [3.63, 3.8) is 0 Å². The lowest BCUT2D eigenvalue weighted by Crippen LogP contribution is -2.05. The summed E-state index contributed by atoms with van der Waals surface area (Å²) in [6.45, 7) is 6.70. The summed E-state index contributed by atoms with van der Waals surface area (Å²) in [6, 6.07) is 2.72. The molecule has 6 nitrogen and oxygen atoms in total. The summed E-state index contributed by atoms with van der Waals surface area (Å²) in [5.74, 6) is 0.712. The van der Waals surface area contributed by atoms with Gasteiger partial charge in [-0.2, -0.15) is 4.98 Å². The molecule has 0 aliphatic heterocycles.